The summed E-state index contributed by atoms with van der Waals surface area (Å²) in [5.41, 5.74) is 2.94. The van der Waals surface area contributed by atoms with Crippen LogP contribution in [0.2, 0.25) is 0 Å². The molecule has 0 heterocycles. The van der Waals surface area contributed by atoms with Crippen LogP contribution in [0.15, 0.2) is 12.1 Å². The lowest BCUT2D eigenvalue weighted by molar-refractivity contribution is 0.410. The molecule has 0 amide bonds. The summed E-state index contributed by atoms with van der Waals surface area (Å²) in [6.07, 6.45) is 0. The Morgan fingerprint density at radius 1 is 0.882 bits per heavy atom. The first-order chi connectivity index (χ1) is 7.57. The number of hydrogen-bond donors (Lipinski definition) is 0. The van der Waals surface area contributed by atoms with Crippen molar-refractivity contribution in [3.05, 3.63) is 23.3 Å². The van der Waals surface area contributed by atoms with Gasteiger partial charge < -0.3 is 4.74 Å². The number of methoxy groups -OCH3 is 1. The van der Waals surface area contributed by atoms with E-state index in [0.29, 0.717) is 0 Å². The topological polar surface area (TPSA) is 9.23 Å². The molecular weight excluding hydrogens is 227 g/mol. The zero-order valence-electron chi connectivity index (χ0n) is 12.1. The minimum absolute atomic E-state index is 0.131. The second kappa shape index (κ2) is 4.61. The van der Waals surface area contributed by atoms with E-state index in [0.717, 1.165) is 5.75 Å². The van der Waals surface area contributed by atoms with E-state index < -0.39 is 0 Å². The van der Waals surface area contributed by atoms with Crippen LogP contribution in [0.3, 0.4) is 0 Å². The summed E-state index contributed by atoms with van der Waals surface area (Å²) in [5, 5.41) is 1.31. The molecule has 0 bridgehead atoms. The smallest absolute Gasteiger partial charge is 0.119 e. The van der Waals surface area contributed by atoms with Crippen LogP contribution in [0.5, 0.6) is 5.75 Å². The predicted octanol–water partition coefficient (Wildman–Crippen LogP) is 3.79. The fourth-order valence-electron chi connectivity index (χ4n) is 1.99. The van der Waals surface area contributed by atoms with Gasteiger partial charge in [0.15, 0.2) is 0 Å². The van der Waals surface area contributed by atoms with Crippen LogP contribution in [-0.2, 0) is 10.8 Å². The summed E-state index contributed by atoms with van der Waals surface area (Å²) in [6, 6.07) is 4.30. The minimum atomic E-state index is 0.131. The zero-order valence-corrected chi connectivity index (χ0v) is 13.3. The second-order valence-electron chi connectivity index (χ2n) is 6.64. The molecule has 1 nitrogen and oxygen atoms in total. The Morgan fingerprint density at radius 3 is 1.47 bits per heavy atom. The maximum atomic E-state index is 5.43. The molecule has 1 aromatic carbocycles. The zero-order chi connectivity index (χ0) is 13.4. The molecular formula is C15H25OP. The third kappa shape index (κ3) is 3.22. The Labute approximate surface area is 108 Å². The Kier molecular flexibility index (Phi) is 3.94. The lowest BCUT2D eigenvalue weighted by atomic mass is 9.80. The van der Waals surface area contributed by atoms with Gasteiger partial charge in [0.25, 0.3) is 0 Å². The van der Waals surface area contributed by atoms with Crippen molar-refractivity contribution in [2.75, 3.05) is 7.11 Å². The SMILES string of the molecule is COc1cc(C(C)(C)C)c(P)c(C(C)(C)C)c1. The van der Waals surface area contributed by atoms with Crippen molar-refractivity contribution >= 4 is 14.5 Å². The first kappa shape index (κ1) is 14.5. The van der Waals surface area contributed by atoms with E-state index in [1.165, 1.54) is 16.4 Å². The van der Waals surface area contributed by atoms with Gasteiger partial charge in [0.05, 0.1) is 7.11 Å². The molecule has 0 aromatic heterocycles. The highest BCUT2D eigenvalue weighted by Gasteiger charge is 2.24. The molecule has 0 aliphatic carbocycles. The van der Waals surface area contributed by atoms with Crippen LogP contribution < -0.4 is 10.0 Å². The molecule has 17 heavy (non-hydrogen) atoms. The van der Waals surface area contributed by atoms with E-state index in [1.54, 1.807) is 7.11 Å². The van der Waals surface area contributed by atoms with Gasteiger partial charge >= 0.3 is 0 Å². The molecule has 1 atom stereocenters. The number of benzene rings is 1. The Morgan fingerprint density at radius 2 is 1.24 bits per heavy atom. The van der Waals surface area contributed by atoms with Crippen molar-refractivity contribution in [2.24, 2.45) is 0 Å². The summed E-state index contributed by atoms with van der Waals surface area (Å²) in [7, 11) is 4.64. The first-order valence-electron chi connectivity index (χ1n) is 6.06. The van der Waals surface area contributed by atoms with E-state index in [-0.39, 0.29) is 10.8 Å². The predicted molar refractivity (Wildman–Crippen MR) is 79.7 cm³/mol. The quantitative estimate of drug-likeness (QED) is 0.691. The van der Waals surface area contributed by atoms with Gasteiger partial charge in [-0.15, -0.1) is 9.24 Å². The van der Waals surface area contributed by atoms with Crippen LogP contribution >= 0.6 is 9.24 Å². The van der Waals surface area contributed by atoms with E-state index >= 15 is 0 Å². The molecule has 0 fully saturated rings. The minimum Gasteiger partial charge on any atom is -0.497 e. The Hall–Kier alpha value is -0.550. The highest BCUT2D eigenvalue weighted by Crippen LogP contribution is 2.32. The average Bonchev–Trinajstić information content (AvgIpc) is 2.14. The second-order valence-corrected chi connectivity index (χ2v) is 7.21. The van der Waals surface area contributed by atoms with Crippen molar-refractivity contribution in [2.45, 2.75) is 52.4 Å². The van der Waals surface area contributed by atoms with Crippen molar-refractivity contribution < 1.29 is 4.74 Å². The highest BCUT2D eigenvalue weighted by molar-refractivity contribution is 7.27. The first-order valence-corrected chi connectivity index (χ1v) is 6.63. The molecule has 0 saturated heterocycles. The fraction of sp³-hybridized carbons (Fsp3) is 0.600. The molecule has 96 valence electrons. The number of hydrogen-bond acceptors (Lipinski definition) is 1. The summed E-state index contributed by atoms with van der Waals surface area (Å²) in [4.78, 5) is 0. The molecule has 1 aromatic rings. The fourth-order valence-corrected chi connectivity index (χ4v) is 3.02. The Balaban J connectivity index is 3.53. The summed E-state index contributed by atoms with van der Waals surface area (Å²) in [6.45, 7) is 13.4. The summed E-state index contributed by atoms with van der Waals surface area (Å²) < 4.78 is 5.43. The monoisotopic (exact) mass is 252 g/mol. The van der Waals surface area contributed by atoms with Crippen LogP contribution in [0.25, 0.3) is 0 Å². The largest absolute Gasteiger partial charge is 0.497 e. The maximum Gasteiger partial charge on any atom is 0.119 e. The van der Waals surface area contributed by atoms with Gasteiger partial charge in [-0.05, 0) is 39.4 Å². The Bertz CT molecular complexity index is 373. The van der Waals surface area contributed by atoms with Gasteiger partial charge in [0.1, 0.15) is 5.75 Å². The summed E-state index contributed by atoms with van der Waals surface area (Å²) in [5.74, 6) is 0.950. The van der Waals surface area contributed by atoms with Crippen molar-refractivity contribution in [1.29, 1.82) is 0 Å². The van der Waals surface area contributed by atoms with Gasteiger partial charge in [0, 0.05) is 0 Å². The molecule has 0 aliphatic heterocycles. The van der Waals surface area contributed by atoms with E-state index in [9.17, 15) is 0 Å². The molecule has 0 aliphatic rings. The molecule has 2 heteroatoms. The molecule has 1 rings (SSSR count). The number of ether oxygens (including phenoxy) is 1. The van der Waals surface area contributed by atoms with E-state index in [4.69, 9.17) is 4.74 Å². The van der Waals surface area contributed by atoms with E-state index in [2.05, 4.69) is 62.9 Å². The molecule has 0 radical (unpaired) electrons. The molecule has 0 spiro atoms. The van der Waals surface area contributed by atoms with Gasteiger partial charge in [0.2, 0.25) is 0 Å². The van der Waals surface area contributed by atoms with Gasteiger partial charge in [-0.2, -0.15) is 0 Å². The van der Waals surface area contributed by atoms with Gasteiger partial charge in [-0.1, -0.05) is 41.5 Å². The third-order valence-corrected chi connectivity index (χ3v) is 3.63. The molecule has 0 N–H and O–H groups in total. The average molecular weight is 252 g/mol. The van der Waals surface area contributed by atoms with Crippen molar-refractivity contribution in [3.8, 4) is 5.75 Å². The lowest BCUT2D eigenvalue weighted by Crippen LogP contribution is -2.27. The van der Waals surface area contributed by atoms with Crippen molar-refractivity contribution in [1.82, 2.24) is 0 Å². The lowest BCUT2D eigenvalue weighted by Gasteiger charge is -2.29. The van der Waals surface area contributed by atoms with Crippen LogP contribution in [0.1, 0.15) is 52.7 Å². The normalized spacial score (nSPS) is 12.7. The number of rotatable bonds is 1. The van der Waals surface area contributed by atoms with Crippen LogP contribution in [-0.4, -0.2) is 7.11 Å². The third-order valence-electron chi connectivity index (χ3n) is 3.01. The molecule has 1 unspecified atom stereocenters. The van der Waals surface area contributed by atoms with Gasteiger partial charge in [-0.3, -0.25) is 0 Å². The van der Waals surface area contributed by atoms with Crippen molar-refractivity contribution in [3.63, 3.8) is 0 Å². The van der Waals surface area contributed by atoms with Crippen LogP contribution in [0, 0.1) is 0 Å². The maximum absolute atomic E-state index is 5.43. The van der Waals surface area contributed by atoms with E-state index in [1.807, 2.05) is 0 Å². The highest BCUT2D eigenvalue weighted by atomic mass is 31.0. The van der Waals surface area contributed by atoms with Crippen LogP contribution in [0.4, 0.5) is 0 Å². The molecule has 0 saturated carbocycles. The van der Waals surface area contributed by atoms with Gasteiger partial charge in [-0.25, -0.2) is 0 Å². The standard InChI is InChI=1S/C15H25OP/c1-14(2,3)11-8-10(16-7)9-12(13(11)17)15(4,5)6/h8-9H,17H2,1-7H3. The summed E-state index contributed by atoms with van der Waals surface area (Å²) >= 11 is 0.